The van der Waals surface area contributed by atoms with Crippen LogP contribution in [0.3, 0.4) is 0 Å². The van der Waals surface area contributed by atoms with E-state index in [9.17, 15) is 14.9 Å². The number of carbonyl (C=O) groups is 1. The average molecular weight is 384 g/mol. The van der Waals surface area contributed by atoms with E-state index < -0.39 is 4.92 Å². The van der Waals surface area contributed by atoms with Crippen LogP contribution in [0.2, 0.25) is 0 Å². The Kier molecular flexibility index (Phi) is 5.72. The molecule has 1 aromatic heterocycles. The van der Waals surface area contributed by atoms with Crippen molar-refractivity contribution in [3.8, 4) is 0 Å². The van der Waals surface area contributed by atoms with Gasteiger partial charge in [-0.05, 0) is 32.8 Å². The van der Waals surface area contributed by atoms with Crippen molar-refractivity contribution < 1.29 is 9.72 Å². The van der Waals surface area contributed by atoms with Crippen molar-refractivity contribution >= 4 is 23.1 Å². The maximum Gasteiger partial charge on any atom is 0.270 e. The van der Waals surface area contributed by atoms with Crippen molar-refractivity contribution in [2.24, 2.45) is 0 Å². The summed E-state index contributed by atoms with van der Waals surface area (Å²) in [6.45, 7) is 5.51. The number of piperidine rings is 1. The van der Waals surface area contributed by atoms with Crippen LogP contribution in [0.5, 0.6) is 0 Å². The lowest BCUT2D eigenvalue weighted by molar-refractivity contribution is -0.384. The minimum absolute atomic E-state index is 0.103. The zero-order valence-corrected chi connectivity index (χ0v) is 16.2. The van der Waals surface area contributed by atoms with Crippen molar-refractivity contribution in [3.63, 3.8) is 0 Å². The topological polar surface area (TPSA) is 113 Å². The molecule has 0 saturated carbocycles. The first-order chi connectivity index (χ1) is 13.4. The number of rotatable bonds is 5. The van der Waals surface area contributed by atoms with Gasteiger partial charge in [-0.3, -0.25) is 14.9 Å². The minimum Gasteiger partial charge on any atom is -0.382 e. The van der Waals surface area contributed by atoms with E-state index in [1.807, 2.05) is 19.9 Å². The maximum atomic E-state index is 12.2. The van der Waals surface area contributed by atoms with Gasteiger partial charge in [0.2, 0.25) is 0 Å². The molecular weight excluding hydrogens is 360 g/mol. The molecule has 0 unspecified atom stereocenters. The summed E-state index contributed by atoms with van der Waals surface area (Å²) in [5.41, 5.74) is 1.73. The van der Waals surface area contributed by atoms with E-state index >= 15 is 0 Å². The van der Waals surface area contributed by atoms with E-state index in [1.54, 1.807) is 6.07 Å². The predicted molar refractivity (Wildman–Crippen MR) is 107 cm³/mol. The summed E-state index contributed by atoms with van der Waals surface area (Å²) in [5.74, 6) is 1.34. The number of non-ortho nitro benzene ring substituents is 1. The molecule has 0 atom stereocenters. The lowest BCUT2D eigenvalue weighted by Gasteiger charge is -2.34. The molecule has 1 amide bonds. The molecule has 0 aliphatic carbocycles. The van der Waals surface area contributed by atoms with Gasteiger partial charge in [0.25, 0.3) is 11.6 Å². The molecule has 28 heavy (non-hydrogen) atoms. The molecule has 2 aromatic rings. The van der Waals surface area contributed by atoms with Gasteiger partial charge < -0.3 is 15.5 Å². The smallest absolute Gasteiger partial charge is 0.270 e. The summed E-state index contributed by atoms with van der Waals surface area (Å²) in [4.78, 5) is 33.7. The molecule has 1 aromatic carbocycles. The van der Waals surface area contributed by atoms with Crippen LogP contribution in [0.25, 0.3) is 0 Å². The number of anilines is 2. The largest absolute Gasteiger partial charge is 0.382 e. The van der Waals surface area contributed by atoms with Gasteiger partial charge in [-0.2, -0.15) is 0 Å². The number of hydrogen-bond acceptors (Lipinski definition) is 7. The lowest BCUT2D eigenvalue weighted by atomic mass is 10.0. The van der Waals surface area contributed by atoms with Crippen molar-refractivity contribution in [2.75, 3.05) is 30.4 Å². The van der Waals surface area contributed by atoms with Crippen LogP contribution in [0.4, 0.5) is 17.2 Å². The van der Waals surface area contributed by atoms with E-state index in [0.29, 0.717) is 5.69 Å². The van der Waals surface area contributed by atoms with Crippen LogP contribution in [0, 0.1) is 24.0 Å². The standard InChI is InChI=1S/C19H24N6O3/c1-12-10-18(22-13(2)21-12)24-8-6-14(7-9-24)23-17-5-4-15(25(27)28)11-16(17)19(26)20-3/h4-5,10-11,14,23H,6-9H2,1-3H3,(H,20,26). The van der Waals surface area contributed by atoms with Gasteiger partial charge in [-0.15, -0.1) is 0 Å². The second kappa shape index (κ2) is 8.20. The Labute approximate surface area is 163 Å². The first-order valence-electron chi connectivity index (χ1n) is 9.21. The Hall–Kier alpha value is -3.23. The molecule has 1 aliphatic rings. The van der Waals surface area contributed by atoms with Gasteiger partial charge in [0, 0.05) is 55.8 Å². The second-order valence-corrected chi connectivity index (χ2v) is 6.89. The van der Waals surface area contributed by atoms with Crippen LogP contribution >= 0.6 is 0 Å². The van der Waals surface area contributed by atoms with Crippen LogP contribution in [0.1, 0.15) is 34.7 Å². The Balaban J connectivity index is 1.70. The number of carbonyl (C=O) groups excluding carboxylic acids is 1. The zero-order chi connectivity index (χ0) is 20.3. The molecular formula is C19H24N6O3. The Morgan fingerprint density at radius 3 is 2.54 bits per heavy atom. The Morgan fingerprint density at radius 2 is 1.93 bits per heavy atom. The summed E-state index contributed by atoms with van der Waals surface area (Å²) in [5, 5.41) is 16.9. The predicted octanol–water partition coefficient (Wildman–Crippen LogP) is 2.44. The van der Waals surface area contributed by atoms with Crippen molar-refractivity contribution in [1.82, 2.24) is 15.3 Å². The highest BCUT2D eigenvalue weighted by molar-refractivity contribution is 6.00. The number of aryl methyl sites for hydroxylation is 2. The van der Waals surface area contributed by atoms with Crippen LogP contribution in [0.15, 0.2) is 24.3 Å². The van der Waals surface area contributed by atoms with Gasteiger partial charge in [0.05, 0.1) is 10.5 Å². The fourth-order valence-corrected chi connectivity index (χ4v) is 3.43. The number of benzene rings is 1. The third-order valence-corrected chi connectivity index (χ3v) is 4.82. The summed E-state index contributed by atoms with van der Waals surface area (Å²) in [6.07, 6.45) is 1.73. The highest BCUT2D eigenvalue weighted by Gasteiger charge is 2.23. The molecule has 3 rings (SSSR count). The number of aromatic nitrogens is 2. The molecule has 9 nitrogen and oxygen atoms in total. The van der Waals surface area contributed by atoms with Gasteiger partial charge in [-0.1, -0.05) is 0 Å². The number of nitrogens with zero attached hydrogens (tertiary/aromatic N) is 4. The highest BCUT2D eigenvalue weighted by atomic mass is 16.6. The van der Waals surface area contributed by atoms with E-state index in [-0.39, 0.29) is 23.2 Å². The third kappa shape index (κ3) is 4.36. The monoisotopic (exact) mass is 384 g/mol. The molecule has 1 aliphatic heterocycles. The number of nitro groups is 1. The molecule has 148 valence electrons. The number of nitrogens with one attached hydrogen (secondary N) is 2. The molecule has 0 radical (unpaired) electrons. The van der Waals surface area contributed by atoms with Crippen molar-refractivity contribution in [1.29, 1.82) is 0 Å². The Morgan fingerprint density at radius 1 is 1.21 bits per heavy atom. The van der Waals surface area contributed by atoms with Gasteiger partial charge in [0.15, 0.2) is 0 Å². The third-order valence-electron chi connectivity index (χ3n) is 4.82. The van der Waals surface area contributed by atoms with Gasteiger partial charge in [-0.25, -0.2) is 9.97 Å². The van der Waals surface area contributed by atoms with Crippen LogP contribution < -0.4 is 15.5 Å². The van der Waals surface area contributed by atoms with E-state index in [0.717, 1.165) is 43.3 Å². The zero-order valence-electron chi connectivity index (χ0n) is 16.2. The summed E-state index contributed by atoms with van der Waals surface area (Å²) >= 11 is 0. The Bertz CT molecular complexity index is 873. The number of hydrogen-bond donors (Lipinski definition) is 2. The van der Waals surface area contributed by atoms with E-state index in [2.05, 4.69) is 25.5 Å². The van der Waals surface area contributed by atoms with Crippen molar-refractivity contribution in [2.45, 2.75) is 32.7 Å². The lowest BCUT2D eigenvalue weighted by Crippen LogP contribution is -2.40. The molecule has 0 spiro atoms. The van der Waals surface area contributed by atoms with Gasteiger partial charge >= 0.3 is 0 Å². The van der Waals surface area contributed by atoms with Crippen LogP contribution in [-0.4, -0.2) is 47.0 Å². The molecule has 2 heterocycles. The fourth-order valence-electron chi connectivity index (χ4n) is 3.43. The first-order valence-corrected chi connectivity index (χ1v) is 9.21. The summed E-state index contributed by atoms with van der Waals surface area (Å²) in [7, 11) is 1.51. The van der Waals surface area contributed by atoms with E-state index in [4.69, 9.17) is 0 Å². The van der Waals surface area contributed by atoms with Crippen LogP contribution in [-0.2, 0) is 0 Å². The van der Waals surface area contributed by atoms with Crippen molar-refractivity contribution in [3.05, 3.63) is 51.5 Å². The average Bonchev–Trinajstić information content (AvgIpc) is 2.67. The normalized spacial score (nSPS) is 14.6. The second-order valence-electron chi connectivity index (χ2n) is 6.89. The first kappa shape index (κ1) is 19.5. The van der Waals surface area contributed by atoms with Gasteiger partial charge in [0.1, 0.15) is 11.6 Å². The molecule has 2 N–H and O–H groups in total. The molecule has 1 saturated heterocycles. The summed E-state index contributed by atoms with van der Waals surface area (Å²) < 4.78 is 0. The van der Waals surface area contributed by atoms with E-state index in [1.165, 1.54) is 19.2 Å². The fraction of sp³-hybridized carbons (Fsp3) is 0.421. The number of nitro benzene ring substituents is 1. The molecule has 0 bridgehead atoms. The SMILES string of the molecule is CNC(=O)c1cc([N+](=O)[O-])ccc1NC1CCN(c2cc(C)nc(C)n2)CC1. The number of amides is 1. The quantitative estimate of drug-likeness (QED) is 0.601. The molecule has 1 fully saturated rings. The summed E-state index contributed by atoms with van der Waals surface area (Å²) in [6, 6.07) is 6.48. The highest BCUT2D eigenvalue weighted by Crippen LogP contribution is 2.26. The molecule has 9 heteroatoms. The maximum absolute atomic E-state index is 12.2. The minimum atomic E-state index is -0.500.